The summed E-state index contributed by atoms with van der Waals surface area (Å²) in [5.74, 6) is 4.78. The minimum absolute atomic E-state index is 0.162. The largest absolute Gasteiger partial charge is 0.393 e. The van der Waals surface area contributed by atoms with Crippen LogP contribution in [-0.2, 0) is 4.79 Å². The van der Waals surface area contributed by atoms with Crippen LogP contribution in [0.1, 0.15) is 105 Å². The third-order valence-electron chi connectivity index (χ3n) is 12.3. The number of aliphatic hydroxyl groups excluding tert-OH is 2. The summed E-state index contributed by atoms with van der Waals surface area (Å²) in [5.41, 5.74) is 0.625. The second kappa shape index (κ2) is 9.36. The van der Waals surface area contributed by atoms with Crippen molar-refractivity contribution in [3.8, 4) is 0 Å². The van der Waals surface area contributed by atoms with Crippen molar-refractivity contribution in [1.82, 2.24) is 4.90 Å². The van der Waals surface area contributed by atoms with Gasteiger partial charge in [-0.25, -0.2) is 0 Å². The molecule has 2 N–H and O–H groups in total. The first-order valence-corrected chi connectivity index (χ1v) is 14.9. The van der Waals surface area contributed by atoms with Gasteiger partial charge in [-0.05, 0) is 137 Å². The van der Waals surface area contributed by atoms with Crippen LogP contribution in [0, 0.1) is 52.3 Å². The van der Waals surface area contributed by atoms with Gasteiger partial charge in [0.1, 0.15) is 0 Å². The molecule has 0 saturated heterocycles. The minimum atomic E-state index is -0.194. The Hall–Kier alpha value is -0.610. The maximum atomic E-state index is 12.8. The minimum Gasteiger partial charge on any atom is -0.393 e. The van der Waals surface area contributed by atoms with E-state index in [1.807, 2.05) is 4.90 Å². The van der Waals surface area contributed by atoms with Crippen LogP contribution < -0.4 is 0 Å². The van der Waals surface area contributed by atoms with Gasteiger partial charge in [0.2, 0.25) is 5.91 Å². The van der Waals surface area contributed by atoms with Crippen LogP contribution in [0.25, 0.3) is 0 Å². The first kappa shape index (κ1) is 25.1. The van der Waals surface area contributed by atoms with E-state index in [9.17, 15) is 15.0 Å². The summed E-state index contributed by atoms with van der Waals surface area (Å²) in [7, 11) is 0. The number of carbonyl (C=O) groups excluding carboxylic acids is 1. The smallest absolute Gasteiger partial charge is 0.222 e. The summed E-state index contributed by atoms with van der Waals surface area (Å²) in [6, 6.07) is 0. The third kappa shape index (κ3) is 4.07. The molecule has 0 bridgehead atoms. The fourth-order valence-corrected chi connectivity index (χ4v) is 10.3. The van der Waals surface area contributed by atoms with Gasteiger partial charge in [0.25, 0.3) is 0 Å². The van der Waals surface area contributed by atoms with Crippen molar-refractivity contribution in [3.63, 3.8) is 0 Å². The summed E-state index contributed by atoms with van der Waals surface area (Å²) in [6.45, 7) is 10.9. The summed E-state index contributed by atoms with van der Waals surface area (Å²) in [4.78, 5) is 14.8. The summed E-state index contributed by atoms with van der Waals surface area (Å²) >= 11 is 0. The Balaban J connectivity index is 1.33. The predicted octanol–water partition coefficient (Wildman–Crippen LogP) is 5.65. The van der Waals surface area contributed by atoms with Crippen molar-refractivity contribution in [1.29, 1.82) is 0 Å². The molecule has 34 heavy (non-hydrogen) atoms. The number of amides is 1. The van der Waals surface area contributed by atoms with E-state index in [4.69, 9.17) is 0 Å². The molecule has 0 aliphatic heterocycles. The molecule has 0 spiro atoms. The fraction of sp³-hybridized carbons (Fsp3) is 0.967. The molecule has 5 aliphatic rings. The number of hydrogen-bond donors (Lipinski definition) is 2. The molecule has 10 atom stereocenters. The predicted molar refractivity (Wildman–Crippen MR) is 136 cm³/mol. The maximum Gasteiger partial charge on any atom is 0.222 e. The second-order valence-electron chi connectivity index (χ2n) is 13.6. The molecule has 0 aromatic rings. The van der Waals surface area contributed by atoms with Gasteiger partial charge in [0.05, 0.1) is 12.2 Å². The zero-order chi connectivity index (χ0) is 24.3. The lowest BCUT2D eigenvalue weighted by molar-refractivity contribution is -0.174. The number of nitrogens with zero attached hydrogens (tertiary/aromatic N) is 1. The highest BCUT2D eigenvalue weighted by molar-refractivity contribution is 5.76. The first-order chi connectivity index (χ1) is 16.2. The Labute approximate surface area is 208 Å². The van der Waals surface area contributed by atoms with E-state index < -0.39 is 0 Å². The van der Waals surface area contributed by atoms with Crippen LogP contribution in [0.4, 0.5) is 0 Å². The topological polar surface area (TPSA) is 60.8 Å². The van der Waals surface area contributed by atoms with Gasteiger partial charge in [-0.3, -0.25) is 4.79 Å². The lowest BCUT2D eigenvalue weighted by atomic mass is 9.43. The van der Waals surface area contributed by atoms with E-state index in [-0.39, 0.29) is 12.2 Å². The fourth-order valence-electron chi connectivity index (χ4n) is 10.3. The third-order valence-corrected chi connectivity index (χ3v) is 12.3. The highest BCUT2D eigenvalue weighted by Crippen LogP contribution is 2.69. The van der Waals surface area contributed by atoms with Crippen LogP contribution >= 0.6 is 0 Å². The molecular formula is C30H51NO3. The van der Waals surface area contributed by atoms with Crippen molar-refractivity contribution in [2.24, 2.45) is 52.3 Å². The van der Waals surface area contributed by atoms with E-state index in [0.717, 1.165) is 63.5 Å². The lowest BCUT2D eigenvalue weighted by Crippen LogP contribution is -2.58. The molecule has 5 aliphatic carbocycles. The van der Waals surface area contributed by atoms with Crippen LogP contribution in [0.3, 0.4) is 0 Å². The van der Waals surface area contributed by atoms with Crippen LogP contribution in [-0.4, -0.2) is 46.3 Å². The van der Waals surface area contributed by atoms with Crippen molar-refractivity contribution in [2.75, 3.05) is 13.1 Å². The average Bonchev–Trinajstić information content (AvgIpc) is 3.58. The first-order valence-electron chi connectivity index (χ1n) is 14.9. The Morgan fingerprint density at radius 1 is 0.912 bits per heavy atom. The Morgan fingerprint density at radius 2 is 1.59 bits per heavy atom. The summed E-state index contributed by atoms with van der Waals surface area (Å²) < 4.78 is 0. The van der Waals surface area contributed by atoms with Gasteiger partial charge in [-0.2, -0.15) is 0 Å². The monoisotopic (exact) mass is 473 g/mol. The normalized spacial score (nSPS) is 46.8. The van der Waals surface area contributed by atoms with Crippen LogP contribution in [0.5, 0.6) is 0 Å². The van der Waals surface area contributed by atoms with Crippen molar-refractivity contribution < 1.29 is 15.0 Å². The quantitative estimate of drug-likeness (QED) is 0.502. The van der Waals surface area contributed by atoms with Crippen LogP contribution in [0.2, 0.25) is 0 Å². The lowest BCUT2D eigenvalue weighted by Gasteiger charge is -2.62. The van der Waals surface area contributed by atoms with Crippen LogP contribution in [0.15, 0.2) is 0 Å². The molecule has 4 heteroatoms. The van der Waals surface area contributed by atoms with Crippen molar-refractivity contribution in [2.45, 2.75) is 117 Å². The molecule has 5 fully saturated rings. The van der Waals surface area contributed by atoms with E-state index in [0.29, 0.717) is 46.3 Å². The zero-order valence-electron chi connectivity index (χ0n) is 22.3. The highest BCUT2D eigenvalue weighted by Gasteiger charge is 2.63. The molecule has 0 aromatic carbocycles. The molecule has 4 unspecified atom stereocenters. The van der Waals surface area contributed by atoms with Gasteiger partial charge >= 0.3 is 0 Å². The standard InChI is InChI=1S/C30H51NO3/c1-5-31(6-2)27(34)12-9-22(19-7-8-19)23-10-11-24-28-25(14-16-30(23,24)4)29(3)15-13-21(32)17-20(29)18-26(28)33/h19-26,28,32-33H,5-18H2,1-4H3/t20?,21-,22+,23-,24?,25?,26-,28?,29+,30-/m1/s1. The van der Waals surface area contributed by atoms with Gasteiger partial charge < -0.3 is 15.1 Å². The van der Waals surface area contributed by atoms with E-state index in [2.05, 4.69) is 27.7 Å². The van der Waals surface area contributed by atoms with Gasteiger partial charge in [-0.15, -0.1) is 0 Å². The Bertz CT molecular complexity index is 747. The number of aliphatic hydroxyl groups is 2. The van der Waals surface area contributed by atoms with Gasteiger partial charge in [-0.1, -0.05) is 13.8 Å². The number of carbonyl (C=O) groups is 1. The summed E-state index contributed by atoms with van der Waals surface area (Å²) in [6.07, 6.45) is 13.2. The average molecular weight is 474 g/mol. The summed E-state index contributed by atoms with van der Waals surface area (Å²) in [5, 5.41) is 21.8. The molecular weight excluding hydrogens is 422 g/mol. The zero-order valence-corrected chi connectivity index (χ0v) is 22.3. The van der Waals surface area contributed by atoms with E-state index in [1.54, 1.807) is 0 Å². The number of hydrogen-bond acceptors (Lipinski definition) is 3. The van der Waals surface area contributed by atoms with E-state index >= 15 is 0 Å². The molecule has 0 aromatic heterocycles. The molecule has 194 valence electrons. The number of fused-ring (bicyclic) bond motifs is 5. The highest BCUT2D eigenvalue weighted by atomic mass is 16.3. The molecule has 5 saturated carbocycles. The Kier molecular flexibility index (Phi) is 6.90. The van der Waals surface area contributed by atoms with Gasteiger partial charge in [0.15, 0.2) is 0 Å². The van der Waals surface area contributed by atoms with Crippen molar-refractivity contribution >= 4 is 5.91 Å². The molecule has 5 rings (SSSR count). The number of rotatable bonds is 7. The van der Waals surface area contributed by atoms with E-state index in [1.165, 1.54) is 38.5 Å². The molecule has 4 nitrogen and oxygen atoms in total. The molecule has 0 radical (unpaired) electrons. The Morgan fingerprint density at radius 3 is 2.26 bits per heavy atom. The van der Waals surface area contributed by atoms with Crippen molar-refractivity contribution in [3.05, 3.63) is 0 Å². The molecule has 0 heterocycles. The SMILES string of the molecule is CCN(CC)C(=O)CC[C@@H](C1CC1)[C@H]1CCC2C3C(CC[C@@]21C)[C@@]1(C)CC[C@@H](O)CC1C[C@H]3O. The second-order valence-corrected chi connectivity index (χ2v) is 13.6. The molecule has 1 amide bonds. The maximum absolute atomic E-state index is 12.8. The van der Waals surface area contributed by atoms with Gasteiger partial charge in [0, 0.05) is 19.5 Å².